The smallest absolute Gasteiger partial charge is 0.256 e. The Morgan fingerprint density at radius 1 is 0.889 bits per heavy atom. The van der Waals surface area contributed by atoms with E-state index in [0.717, 1.165) is 16.6 Å². The molecule has 1 saturated heterocycles. The Hall–Kier alpha value is -4.53. The number of carbonyl (C=O) groups is 2. The van der Waals surface area contributed by atoms with Crippen molar-refractivity contribution in [1.82, 2.24) is 19.4 Å². The molecule has 9 heteroatoms. The van der Waals surface area contributed by atoms with Crippen LogP contribution in [0, 0.1) is 6.92 Å². The van der Waals surface area contributed by atoms with Crippen LogP contribution >= 0.6 is 0 Å². The van der Waals surface area contributed by atoms with Crippen molar-refractivity contribution in [1.29, 1.82) is 0 Å². The molecule has 0 radical (unpaired) electrons. The van der Waals surface area contributed by atoms with Gasteiger partial charge >= 0.3 is 0 Å². The van der Waals surface area contributed by atoms with Gasteiger partial charge in [0.25, 0.3) is 5.56 Å². The summed E-state index contributed by atoms with van der Waals surface area (Å²) in [5.74, 6) is 0.0848. The van der Waals surface area contributed by atoms with E-state index >= 15 is 0 Å². The molecule has 4 aromatic rings. The second kappa shape index (κ2) is 9.61. The Labute approximate surface area is 207 Å². The molecule has 1 aliphatic rings. The number of carbonyl (C=O) groups excluding carboxylic acids is 2. The van der Waals surface area contributed by atoms with E-state index in [1.165, 1.54) is 10.6 Å². The van der Waals surface area contributed by atoms with Crippen LogP contribution in [-0.2, 0) is 11.2 Å². The molecule has 0 saturated carbocycles. The molecule has 2 aromatic heterocycles. The van der Waals surface area contributed by atoms with Crippen molar-refractivity contribution in [3.63, 3.8) is 0 Å². The van der Waals surface area contributed by atoms with Crippen LogP contribution in [0.3, 0.4) is 0 Å². The summed E-state index contributed by atoms with van der Waals surface area (Å²) >= 11 is 0. The average molecular weight is 483 g/mol. The molecular formula is C27H26N6O3. The number of nitrogens with zero attached hydrogens (tertiary/aromatic N) is 5. The summed E-state index contributed by atoms with van der Waals surface area (Å²) in [7, 11) is 0. The minimum Gasteiger partial charge on any atom is -0.366 e. The third-order valence-electron chi connectivity index (χ3n) is 6.45. The number of nitrogens with two attached hydrogens (primary N) is 1. The second-order valence-electron chi connectivity index (χ2n) is 8.79. The van der Waals surface area contributed by atoms with Gasteiger partial charge in [-0.05, 0) is 42.8 Å². The number of rotatable bonds is 5. The number of aromatic nitrogens is 3. The Morgan fingerprint density at radius 3 is 2.25 bits per heavy atom. The van der Waals surface area contributed by atoms with Crippen LogP contribution in [0.15, 0.2) is 71.5 Å². The van der Waals surface area contributed by atoms with Crippen molar-refractivity contribution < 1.29 is 9.59 Å². The molecule has 0 atom stereocenters. The summed E-state index contributed by atoms with van der Waals surface area (Å²) in [6.07, 6.45) is 0.382. The SMILES string of the molecule is Cc1nc(N2CCN(C(=O)Cc3ccccc3)CC2)nc2c1ccc(=O)n2-c1ccc(C(N)=O)cc1. The zero-order valence-electron chi connectivity index (χ0n) is 19.9. The fourth-order valence-corrected chi connectivity index (χ4v) is 4.45. The summed E-state index contributed by atoms with van der Waals surface area (Å²) in [6.45, 7) is 4.22. The monoisotopic (exact) mass is 482 g/mol. The first kappa shape index (κ1) is 23.2. The van der Waals surface area contributed by atoms with E-state index in [1.54, 1.807) is 30.3 Å². The lowest BCUT2D eigenvalue weighted by Gasteiger charge is -2.35. The Balaban J connectivity index is 1.41. The first-order valence-corrected chi connectivity index (χ1v) is 11.8. The maximum absolute atomic E-state index is 12.9. The van der Waals surface area contributed by atoms with Crippen molar-refractivity contribution in [2.75, 3.05) is 31.1 Å². The maximum atomic E-state index is 12.9. The van der Waals surface area contributed by atoms with Gasteiger partial charge in [-0.1, -0.05) is 30.3 Å². The fraction of sp³-hybridized carbons (Fsp3) is 0.222. The molecule has 182 valence electrons. The van der Waals surface area contributed by atoms with Gasteiger partial charge < -0.3 is 15.5 Å². The molecule has 9 nitrogen and oxygen atoms in total. The normalized spacial score (nSPS) is 13.7. The van der Waals surface area contributed by atoms with Crippen molar-refractivity contribution in [2.45, 2.75) is 13.3 Å². The van der Waals surface area contributed by atoms with Gasteiger partial charge in [0.2, 0.25) is 17.8 Å². The predicted molar refractivity (Wildman–Crippen MR) is 137 cm³/mol. The molecule has 5 rings (SSSR count). The van der Waals surface area contributed by atoms with Crippen LogP contribution in [-0.4, -0.2) is 57.4 Å². The minimum atomic E-state index is -0.534. The van der Waals surface area contributed by atoms with Crippen LogP contribution in [0.4, 0.5) is 5.95 Å². The quantitative estimate of drug-likeness (QED) is 0.466. The molecule has 1 fully saturated rings. The van der Waals surface area contributed by atoms with Crippen molar-refractivity contribution in [3.8, 4) is 5.69 Å². The number of hydrogen-bond donors (Lipinski definition) is 1. The number of fused-ring (bicyclic) bond motifs is 1. The van der Waals surface area contributed by atoms with Crippen LogP contribution in [0.1, 0.15) is 21.6 Å². The molecule has 2 amide bonds. The number of aryl methyl sites for hydroxylation is 1. The number of primary amides is 1. The molecule has 0 aliphatic carbocycles. The van der Waals surface area contributed by atoms with Gasteiger partial charge in [-0.3, -0.25) is 19.0 Å². The topological polar surface area (TPSA) is 114 Å². The number of benzene rings is 2. The molecule has 0 spiro atoms. The molecule has 36 heavy (non-hydrogen) atoms. The van der Waals surface area contributed by atoms with Gasteiger partial charge in [-0.25, -0.2) is 4.98 Å². The summed E-state index contributed by atoms with van der Waals surface area (Å²) in [4.78, 5) is 50.5. The van der Waals surface area contributed by atoms with E-state index in [4.69, 9.17) is 15.7 Å². The lowest BCUT2D eigenvalue weighted by Crippen LogP contribution is -2.49. The van der Waals surface area contributed by atoms with Gasteiger partial charge in [-0.2, -0.15) is 4.98 Å². The minimum absolute atomic E-state index is 0.102. The maximum Gasteiger partial charge on any atom is 0.256 e. The zero-order valence-corrected chi connectivity index (χ0v) is 19.9. The first-order valence-electron chi connectivity index (χ1n) is 11.8. The zero-order chi connectivity index (χ0) is 25.2. The second-order valence-corrected chi connectivity index (χ2v) is 8.79. The summed E-state index contributed by atoms with van der Waals surface area (Å²) < 4.78 is 1.51. The van der Waals surface area contributed by atoms with E-state index in [1.807, 2.05) is 47.1 Å². The van der Waals surface area contributed by atoms with Gasteiger partial charge in [0.15, 0.2) is 5.65 Å². The van der Waals surface area contributed by atoms with Gasteiger partial charge in [0.1, 0.15) is 0 Å². The van der Waals surface area contributed by atoms with Gasteiger partial charge in [0.05, 0.1) is 17.8 Å². The highest BCUT2D eigenvalue weighted by atomic mass is 16.2. The molecule has 2 N–H and O–H groups in total. The molecule has 2 aromatic carbocycles. The van der Waals surface area contributed by atoms with Crippen molar-refractivity contribution >= 4 is 28.8 Å². The molecule has 3 heterocycles. The van der Waals surface area contributed by atoms with E-state index in [-0.39, 0.29) is 11.5 Å². The van der Waals surface area contributed by atoms with Crippen LogP contribution in [0.2, 0.25) is 0 Å². The van der Waals surface area contributed by atoms with Crippen molar-refractivity contribution in [3.05, 3.63) is 93.9 Å². The molecule has 0 unspecified atom stereocenters. The number of piperazine rings is 1. The van der Waals surface area contributed by atoms with Gasteiger partial charge in [0, 0.05) is 43.2 Å². The highest BCUT2D eigenvalue weighted by Crippen LogP contribution is 2.22. The Morgan fingerprint density at radius 2 is 1.58 bits per heavy atom. The standard InChI is InChI=1S/C27H26N6O3/c1-18-22-11-12-23(34)33(21-9-7-20(8-10-21)25(28)36)26(22)30-27(29-18)32-15-13-31(14-16-32)24(35)17-19-5-3-2-4-6-19/h2-12H,13-17H2,1H3,(H2,28,36). The molecular weight excluding hydrogens is 456 g/mol. The number of hydrogen-bond acceptors (Lipinski definition) is 6. The number of amides is 2. The van der Waals surface area contributed by atoms with Gasteiger partial charge in [-0.15, -0.1) is 0 Å². The fourth-order valence-electron chi connectivity index (χ4n) is 4.45. The lowest BCUT2D eigenvalue weighted by atomic mass is 10.1. The molecule has 0 bridgehead atoms. The highest BCUT2D eigenvalue weighted by molar-refractivity contribution is 5.93. The highest BCUT2D eigenvalue weighted by Gasteiger charge is 2.24. The number of pyridine rings is 1. The number of anilines is 1. The van der Waals surface area contributed by atoms with Crippen LogP contribution in [0.25, 0.3) is 16.7 Å². The third kappa shape index (κ3) is 4.55. The molecule has 1 aliphatic heterocycles. The van der Waals surface area contributed by atoms with E-state index in [9.17, 15) is 14.4 Å². The lowest BCUT2D eigenvalue weighted by molar-refractivity contribution is -0.130. The summed E-state index contributed by atoms with van der Waals surface area (Å²) in [5.41, 5.74) is 8.29. The Kier molecular flexibility index (Phi) is 6.20. The van der Waals surface area contributed by atoms with E-state index in [0.29, 0.717) is 55.4 Å². The predicted octanol–water partition coefficient (Wildman–Crippen LogP) is 2.08. The van der Waals surface area contributed by atoms with Crippen LogP contribution < -0.4 is 16.2 Å². The van der Waals surface area contributed by atoms with E-state index < -0.39 is 5.91 Å². The first-order chi connectivity index (χ1) is 17.4. The summed E-state index contributed by atoms with van der Waals surface area (Å²) in [5, 5.41) is 0.758. The Bertz CT molecular complexity index is 1490. The van der Waals surface area contributed by atoms with E-state index in [2.05, 4.69) is 0 Å². The average Bonchev–Trinajstić information content (AvgIpc) is 2.89. The summed E-state index contributed by atoms with van der Waals surface area (Å²) in [6, 6.07) is 19.5. The van der Waals surface area contributed by atoms with Crippen molar-refractivity contribution in [2.24, 2.45) is 5.73 Å². The van der Waals surface area contributed by atoms with Crippen LogP contribution in [0.5, 0.6) is 0 Å². The third-order valence-corrected chi connectivity index (χ3v) is 6.45. The largest absolute Gasteiger partial charge is 0.366 e.